The van der Waals surface area contributed by atoms with Crippen LogP contribution in [0.3, 0.4) is 0 Å². The molecular weight excluding hydrogens is 290 g/mol. The number of unbranched alkanes of at least 4 members (excludes halogenated alkanes) is 7. The fourth-order valence-electron chi connectivity index (χ4n) is 3.11. The number of nitrogens with zero attached hydrogens (tertiary/aromatic N) is 1. The van der Waals surface area contributed by atoms with Gasteiger partial charge in [0.15, 0.2) is 0 Å². The van der Waals surface area contributed by atoms with Crippen molar-refractivity contribution in [3.05, 3.63) is 0 Å². The van der Waals surface area contributed by atoms with Crippen LogP contribution < -0.4 is 0 Å². The Morgan fingerprint density at radius 3 is 2.30 bits per heavy atom. The van der Waals surface area contributed by atoms with Crippen LogP contribution in [0.1, 0.15) is 90.9 Å². The number of carbonyl (C=O) groups is 2. The zero-order valence-electron chi connectivity index (χ0n) is 15.1. The lowest BCUT2D eigenvalue weighted by Gasteiger charge is -2.23. The molecule has 0 saturated carbocycles. The third-order valence-corrected chi connectivity index (χ3v) is 4.58. The summed E-state index contributed by atoms with van der Waals surface area (Å²) in [6.07, 6.45) is 12.6. The second kappa shape index (κ2) is 12.4. The van der Waals surface area contributed by atoms with Crippen LogP contribution >= 0.6 is 0 Å². The molecule has 1 atom stereocenters. The van der Waals surface area contributed by atoms with Crippen LogP contribution in [0.15, 0.2) is 0 Å². The molecule has 0 bridgehead atoms. The Morgan fingerprint density at radius 1 is 0.957 bits per heavy atom. The maximum absolute atomic E-state index is 12.2. The van der Waals surface area contributed by atoms with Gasteiger partial charge < -0.3 is 9.64 Å². The molecule has 0 aromatic rings. The van der Waals surface area contributed by atoms with Crippen molar-refractivity contribution in [2.24, 2.45) is 0 Å². The Bertz CT molecular complexity index is 344. The van der Waals surface area contributed by atoms with Crippen molar-refractivity contribution >= 4 is 11.9 Å². The van der Waals surface area contributed by atoms with Gasteiger partial charge in [-0.25, -0.2) is 4.79 Å². The Balaban J connectivity index is 2.16. The van der Waals surface area contributed by atoms with Gasteiger partial charge >= 0.3 is 5.97 Å². The van der Waals surface area contributed by atoms with Crippen molar-refractivity contribution < 1.29 is 14.3 Å². The number of hydrogen-bond donors (Lipinski definition) is 0. The molecule has 0 spiro atoms. The summed E-state index contributed by atoms with van der Waals surface area (Å²) >= 11 is 0. The number of carbonyl (C=O) groups excluding carboxylic acids is 2. The van der Waals surface area contributed by atoms with E-state index in [2.05, 4.69) is 13.8 Å². The van der Waals surface area contributed by atoms with Crippen molar-refractivity contribution in [3.8, 4) is 0 Å². The first-order chi connectivity index (χ1) is 11.2. The lowest BCUT2D eigenvalue weighted by atomic mass is 10.1. The van der Waals surface area contributed by atoms with Gasteiger partial charge in [0.2, 0.25) is 5.91 Å². The summed E-state index contributed by atoms with van der Waals surface area (Å²) in [6, 6.07) is -0.330. The Hall–Kier alpha value is -1.06. The van der Waals surface area contributed by atoms with Gasteiger partial charge in [0.25, 0.3) is 0 Å². The third kappa shape index (κ3) is 7.85. The number of rotatable bonds is 12. The normalized spacial score (nSPS) is 17.5. The molecule has 4 heteroatoms. The Labute approximate surface area is 141 Å². The first-order valence-electron chi connectivity index (χ1n) is 9.66. The molecule has 1 saturated heterocycles. The monoisotopic (exact) mass is 325 g/mol. The summed E-state index contributed by atoms with van der Waals surface area (Å²) in [5, 5.41) is 0. The first-order valence-corrected chi connectivity index (χ1v) is 9.66. The second-order valence-electron chi connectivity index (χ2n) is 6.64. The van der Waals surface area contributed by atoms with Crippen molar-refractivity contribution in [3.63, 3.8) is 0 Å². The first kappa shape index (κ1) is 20.0. The highest BCUT2D eigenvalue weighted by atomic mass is 16.5. The molecule has 1 fully saturated rings. The summed E-state index contributed by atoms with van der Waals surface area (Å²) in [5.41, 5.74) is 0. The van der Waals surface area contributed by atoms with Crippen molar-refractivity contribution in [1.82, 2.24) is 4.90 Å². The molecule has 1 unspecified atom stereocenters. The maximum atomic E-state index is 12.2. The molecule has 0 N–H and O–H groups in total. The van der Waals surface area contributed by atoms with Crippen LogP contribution in [0.4, 0.5) is 0 Å². The molecule has 0 aromatic heterocycles. The quantitative estimate of drug-likeness (QED) is 0.393. The number of amides is 1. The number of esters is 1. The molecule has 0 radical (unpaired) electrons. The van der Waals surface area contributed by atoms with Crippen LogP contribution in [0.5, 0.6) is 0 Å². The smallest absolute Gasteiger partial charge is 0.328 e. The molecule has 4 nitrogen and oxygen atoms in total. The van der Waals surface area contributed by atoms with E-state index in [0.29, 0.717) is 19.6 Å². The molecule has 1 rings (SSSR count). The minimum Gasteiger partial charge on any atom is -0.464 e. The standard InChI is InChI=1S/C19H35NO3/c1-3-5-7-8-9-10-11-16-23-19(22)17-13-12-15-20(17)18(21)14-6-4-2/h17H,3-16H2,1-2H3. The van der Waals surface area contributed by atoms with Crippen molar-refractivity contribution in [1.29, 1.82) is 0 Å². The molecule has 1 heterocycles. The molecule has 1 aliphatic rings. The van der Waals surface area contributed by atoms with E-state index in [9.17, 15) is 9.59 Å². The van der Waals surface area contributed by atoms with Gasteiger partial charge in [-0.2, -0.15) is 0 Å². The van der Waals surface area contributed by atoms with E-state index in [-0.39, 0.29) is 17.9 Å². The van der Waals surface area contributed by atoms with Crippen LogP contribution in [-0.2, 0) is 14.3 Å². The van der Waals surface area contributed by atoms with Crippen molar-refractivity contribution in [2.75, 3.05) is 13.2 Å². The fraction of sp³-hybridized carbons (Fsp3) is 0.895. The summed E-state index contributed by atoms with van der Waals surface area (Å²) in [5.74, 6) is -0.0828. The van der Waals surface area contributed by atoms with Crippen LogP contribution in [0, 0.1) is 0 Å². The average molecular weight is 325 g/mol. The van der Waals surface area contributed by atoms with E-state index in [1.54, 1.807) is 4.90 Å². The zero-order chi connectivity index (χ0) is 16.9. The predicted molar refractivity (Wildman–Crippen MR) is 93.2 cm³/mol. The molecule has 134 valence electrons. The summed E-state index contributed by atoms with van der Waals surface area (Å²) < 4.78 is 5.41. The summed E-state index contributed by atoms with van der Waals surface area (Å²) in [6.45, 7) is 5.50. The highest BCUT2D eigenvalue weighted by molar-refractivity contribution is 5.85. The molecule has 1 amide bonds. The Morgan fingerprint density at radius 2 is 1.61 bits per heavy atom. The van der Waals surface area contributed by atoms with Gasteiger partial charge in [-0.05, 0) is 25.7 Å². The molecule has 0 aliphatic carbocycles. The van der Waals surface area contributed by atoms with Crippen LogP contribution in [-0.4, -0.2) is 36.0 Å². The lowest BCUT2D eigenvalue weighted by Crippen LogP contribution is -2.41. The molecule has 23 heavy (non-hydrogen) atoms. The van der Waals surface area contributed by atoms with Gasteiger partial charge in [0.05, 0.1) is 6.61 Å². The SMILES string of the molecule is CCCCCCCCCOC(=O)C1CCCN1C(=O)CCCC. The number of likely N-dealkylation sites (tertiary alicyclic amines) is 1. The van der Waals surface area contributed by atoms with E-state index in [4.69, 9.17) is 4.74 Å². The minimum atomic E-state index is -0.330. The van der Waals surface area contributed by atoms with E-state index in [1.165, 1.54) is 32.1 Å². The van der Waals surface area contributed by atoms with Gasteiger partial charge in [0, 0.05) is 13.0 Å². The average Bonchev–Trinajstić information content (AvgIpc) is 3.04. The van der Waals surface area contributed by atoms with Gasteiger partial charge in [-0.3, -0.25) is 4.79 Å². The number of ether oxygens (including phenoxy) is 1. The second-order valence-corrected chi connectivity index (χ2v) is 6.64. The summed E-state index contributed by atoms with van der Waals surface area (Å²) in [4.78, 5) is 26.1. The Kier molecular flexibility index (Phi) is 10.8. The highest BCUT2D eigenvalue weighted by Gasteiger charge is 2.34. The van der Waals surface area contributed by atoms with E-state index in [0.717, 1.165) is 38.5 Å². The van der Waals surface area contributed by atoms with E-state index >= 15 is 0 Å². The zero-order valence-corrected chi connectivity index (χ0v) is 15.1. The summed E-state index contributed by atoms with van der Waals surface area (Å²) in [7, 11) is 0. The van der Waals surface area contributed by atoms with Gasteiger partial charge in [-0.15, -0.1) is 0 Å². The van der Waals surface area contributed by atoms with E-state index < -0.39 is 0 Å². The molecule has 1 aliphatic heterocycles. The van der Waals surface area contributed by atoms with Crippen molar-refractivity contribution in [2.45, 2.75) is 96.9 Å². The highest BCUT2D eigenvalue weighted by Crippen LogP contribution is 2.20. The fourth-order valence-corrected chi connectivity index (χ4v) is 3.11. The molecule has 0 aromatic carbocycles. The third-order valence-electron chi connectivity index (χ3n) is 4.58. The maximum Gasteiger partial charge on any atom is 0.328 e. The van der Waals surface area contributed by atoms with Gasteiger partial charge in [-0.1, -0.05) is 58.8 Å². The number of hydrogen-bond acceptors (Lipinski definition) is 3. The minimum absolute atomic E-state index is 0.113. The molecular formula is C19H35NO3. The lowest BCUT2D eigenvalue weighted by molar-refractivity contribution is -0.153. The topological polar surface area (TPSA) is 46.6 Å². The van der Waals surface area contributed by atoms with Crippen LogP contribution in [0.25, 0.3) is 0 Å². The van der Waals surface area contributed by atoms with Crippen LogP contribution in [0.2, 0.25) is 0 Å². The van der Waals surface area contributed by atoms with Gasteiger partial charge in [0.1, 0.15) is 6.04 Å². The predicted octanol–water partition coefficient (Wildman–Crippen LogP) is 4.46. The largest absolute Gasteiger partial charge is 0.464 e. The van der Waals surface area contributed by atoms with E-state index in [1.807, 2.05) is 0 Å².